The van der Waals surface area contributed by atoms with E-state index in [0.717, 1.165) is 5.56 Å². The summed E-state index contributed by atoms with van der Waals surface area (Å²) in [6.45, 7) is 2.54. The molecule has 8 heteroatoms. The van der Waals surface area contributed by atoms with E-state index < -0.39 is 22.0 Å². The number of sulfonamides is 1. The summed E-state index contributed by atoms with van der Waals surface area (Å²) in [6.07, 6.45) is 1.85. The molecule has 1 unspecified atom stereocenters. The van der Waals surface area contributed by atoms with Crippen molar-refractivity contribution in [3.05, 3.63) is 90.3 Å². The van der Waals surface area contributed by atoms with E-state index in [1.54, 1.807) is 30.5 Å². The van der Waals surface area contributed by atoms with Crippen LogP contribution in [0, 0.1) is 0 Å². The van der Waals surface area contributed by atoms with Crippen LogP contribution in [0.1, 0.15) is 18.2 Å². The SMILES string of the molecule is CCOc1ccc(S(=O)(=O)NC(Cc2ccccc2)C(=O)NCc2ccccn2)cc1. The van der Waals surface area contributed by atoms with Crippen LogP contribution in [0.4, 0.5) is 0 Å². The first-order valence-corrected chi connectivity index (χ1v) is 11.4. The van der Waals surface area contributed by atoms with Crippen molar-refractivity contribution in [2.45, 2.75) is 30.8 Å². The predicted octanol–water partition coefficient (Wildman–Crippen LogP) is 2.69. The van der Waals surface area contributed by atoms with E-state index in [0.29, 0.717) is 18.1 Å². The fraction of sp³-hybridized carbons (Fsp3) is 0.217. The second-order valence-corrected chi connectivity index (χ2v) is 8.52. The van der Waals surface area contributed by atoms with Gasteiger partial charge >= 0.3 is 0 Å². The summed E-state index contributed by atoms with van der Waals surface area (Å²) in [5.74, 6) is 0.152. The van der Waals surface area contributed by atoms with Crippen LogP contribution in [0.2, 0.25) is 0 Å². The van der Waals surface area contributed by atoms with Crippen LogP contribution in [0.25, 0.3) is 0 Å². The fourth-order valence-corrected chi connectivity index (χ4v) is 4.17. The van der Waals surface area contributed by atoms with Crippen molar-refractivity contribution in [3.63, 3.8) is 0 Å². The largest absolute Gasteiger partial charge is 0.494 e. The quantitative estimate of drug-likeness (QED) is 0.506. The standard InChI is InChI=1S/C23H25N3O4S/c1-2-30-20-11-13-21(14-12-20)31(28,29)26-22(16-18-8-4-3-5-9-18)23(27)25-17-19-10-6-7-15-24-19/h3-15,22,26H,2,16-17H2,1H3,(H,25,27). The lowest BCUT2D eigenvalue weighted by molar-refractivity contribution is -0.122. The normalized spacial score (nSPS) is 12.2. The van der Waals surface area contributed by atoms with Crippen LogP contribution in [0.15, 0.2) is 83.9 Å². The molecule has 31 heavy (non-hydrogen) atoms. The van der Waals surface area contributed by atoms with E-state index in [2.05, 4.69) is 15.0 Å². The maximum absolute atomic E-state index is 12.9. The molecule has 2 N–H and O–H groups in total. The number of carbonyl (C=O) groups excluding carboxylic acids is 1. The van der Waals surface area contributed by atoms with Gasteiger partial charge in [0.1, 0.15) is 11.8 Å². The summed E-state index contributed by atoms with van der Waals surface area (Å²) in [6, 6.07) is 19.8. The first-order chi connectivity index (χ1) is 15.0. The third-order valence-corrected chi connectivity index (χ3v) is 6.00. The van der Waals surface area contributed by atoms with Crippen molar-refractivity contribution < 1.29 is 17.9 Å². The van der Waals surface area contributed by atoms with Gasteiger partial charge in [-0.1, -0.05) is 36.4 Å². The summed E-state index contributed by atoms with van der Waals surface area (Å²) in [7, 11) is -3.92. The topological polar surface area (TPSA) is 97.4 Å². The van der Waals surface area contributed by atoms with Gasteiger partial charge in [-0.25, -0.2) is 8.42 Å². The molecule has 0 saturated heterocycles. The van der Waals surface area contributed by atoms with Crippen molar-refractivity contribution in [1.82, 2.24) is 15.0 Å². The Morgan fingerprint density at radius 3 is 2.35 bits per heavy atom. The van der Waals surface area contributed by atoms with Gasteiger partial charge in [0.05, 0.1) is 23.7 Å². The second kappa shape index (κ2) is 10.7. The monoisotopic (exact) mass is 439 g/mol. The van der Waals surface area contributed by atoms with Gasteiger partial charge in [0, 0.05) is 6.20 Å². The van der Waals surface area contributed by atoms with Gasteiger partial charge in [-0.05, 0) is 55.3 Å². The molecule has 0 fully saturated rings. The van der Waals surface area contributed by atoms with E-state index in [1.807, 2.05) is 43.3 Å². The summed E-state index contributed by atoms with van der Waals surface area (Å²) >= 11 is 0. The number of rotatable bonds is 10. The highest BCUT2D eigenvalue weighted by atomic mass is 32.2. The Balaban J connectivity index is 1.77. The zero-order chi connectivity index (χ0) is 22.1. The molecular weight excluding hydrogens is 414 g/mol. The van der Waals surface area contributed by atoms with Crippen molar-refractivity contribution in [2.24, 2.45) is 0 Å². The number of carbonyl (C=O) groups is 1. The average Bonchev–Trinajstić information content (AvgIpc) is 2.79. The third-order valence-electron chi connectivity index (χ3n) is 4.51. The Morgan fingerprint density at radius 2 is 1.71 bits per heavy atom. The summed E-state index contributed by atoms with van der Waals surface area (Å²) in [5.41, 5.74) is 1.53. The van der Waals surface area contributed by atoms with E-state index in [-0.39, 0.29) is 17.9 Å². The highest BCUT2D eigenvalue weighted by molar-refractivity contribution is 7.89. The molecule has 0 bridgehead atoms. The number of pyridine rings is 1. The number of nitrogens with zero attached hydrogens (tertiary/aromatic N) is 1. The molecule has 3 rings (SSSR count). The molecule has 0 aliphatic carbocycles. The number of hydrogen-bond donors (Lipinski definition) is 2. The smallest absolute Gasteiger partial charge is 0.241 e. The summed E-state index contributed by atoms with van der Waals surface area (Å²) in [5, 5.41) is 2.77. The van der Waals surface area contributed by atoms with Crippen LogP contribution < -0.4 is 14.8 Å². The molecule has 0 saturated carbocycles. The lowest BCUT2D eigenvalue weighted by Gasteiger charge is -2.19. The number of nitrogens with one attached hydrogen (secondary N) is 2. The number of hydrogen-bond acceptors (Lipinski definition) is 5. The maximum atomic E-state index is 12.9. The van der Waals surface area contributed by atoms with E-state index in [1.165, 1.54) is 12.1 Å². The molecule has 1 amide bonds. The Morgan fingerprint density at radius 1 is 1.00 bits per heavy atom. The van der Waals surface area contributed by atoms with Crippen LogP contribution in [0.3, 0.4) is 0 Å². The highest BCUT2D eigenvalue weighted by Gasteiger charge is 2.26. The van der Waals surface area contributed by atoms with Crippen molar-refractivity contribution in [2.75, 3.05) is 6.61 Å². The lowest BCUT2D eigenvalue weighted by atomic mass is 10.1. The van der Waals surface area contributed by atoms with Gasteiger partial charge in [0.2, 0.25) is 15.9 Å². The number of ether oxygens (including phenoxy) is 1. The fourth-order valence-electron chi connectivity index (χ4n) is 2.98. The molecule has 0 spiro atoms. The molecule has 2 aromatic carbocycles. The van der Waals surface area contributed by atoms with Gasteiger partial charge in [-0.2, -0.15) is 4.72 Å². The molecule has 162 valence electrons. The predicted molar refractivity (Wildman–Crippen MR) is 118 cm³/mol. The zero-order valence-electron chi connectivity index (χ0n) is 17.2. The van der Waals surface area contributed by atoms with E-state index in [9.17, 15) is 13.2 Å². The molecule has 0 aliphatic heterocycles. The van der Waals surface area contributed by atoms with E-state index in [4.69, 9.17) is 4.74 Å². The minimum atomic E-state index is -3.92. The Bertz CT molecular complexity index is 1070. The Labute approximate surface area is 182 Å². The van der Waals surface area contributed by atoms with Crippen molar-refractivity contribution in [1.29, 1.82) is 0 Å². The van der Waals surface area contributed by atoms with Crippen LogP contribution in [0.5, 0.6) is 5.75 Å². The maximum Gasteiger partial charge on any atom is 0.241 e. The molecule has 1 aromatic heterocycles. The Hall–Kier alpha value is -3.23. The first kappa shape index (κ1) is 22.5. The summed E-state index contributed by atoms with van der Waals surface area (Å²) < 4.78 is 33.8. The van der Waals surface area contributed by atoms with Crippen molar-refractivity contribution in [3.8, 4) is 5.75 Å². The highest BCUT2D eigenvalue weighted by Crippen LogP contribution is 2.17. The van der Waals surface area contributed by atoms with Crippen LogP contribution in [-0.4, -0.2) is 32.0 Å². The average molecular weight is 440 g/mol. The minimum absolute atomic E-state index is 0.0616. The molecule has 0 radical (unpaired) electrons. The van der Waals surface area contributed by atoms with Gasteiger partial charge in [-0.3, -0.25) is 9.78 Å². The molecular formula is C23H25N3O4S. The van der Waals surface area contributed by atoms with Crippen molar-refractivity contribution >= 4 is 15.9 Å². The van der Waals surface area contributed by atoms with Gasteiger partial charge in [0.15, 0.2) is 0 Å². The minimum Gasteiger partial charge on any atom is -0.494 e. The molecule has 7 nitrogen and oxygen atoms in total. The number of amides is 1. The van der Waals surface area contributed by atoms with Gasteiger partial charge in [0.25, 0.3) is 0 Å². The molecule has 1 atom stereocenters. The number of benzene rings is 2. The molecule has 3 aromatic rings. The summed E-state index contributed by atoms with van der Waals surface area (Å²) in [4.78, 5) is 17.1. The third kappa shape index (κ3) is 6.63. The van der Waals surface area contributed by atoms with Crippen LogP contribution >= 0.6 is 0 Å². The van der Waals surface area contributed by atoms with Gasteiger partial charge < -0.3 is 10.1 Å². The molecule has 0 aliphatic rings. The molecule has 1 heterocycles. The number of aromatic nitrogens is 1. The van der Waals surface area contributed by atoms with Gasteiger partial charge in [-0.15, -0.1) is 0 Å². The van der Waals surface area contributed by atoms with Crippen LogP contribution in [-0.2, 0) is 27.8 Å². The first-order valence-electron chi connectivity index (χ1n) is 9.94. The Kier molecular flexibility index (Phi) is 7.75. The lowest BCUT2D eigenvalue weighted by Crippen LogP contribution is -2.47. The second-order valence-electron chi connectivity index (χ2n) is 6.81. The van der Waals surface area contributed by atoms with E-state index >= 15 is 0 Å². The zero-order valence-corrected chi connectivity index (χ0v) is 18.0.